The average Bonchev–Trinajstić information content (AvgIpc) is 3.34. The molecule has 2 aromatic heterocycles. The van der Waals surface area contributed by atoms with E-state index >= 15 is 0 Å². The van der Waals surface area contributed by atoms with Crippen molar-refractivity contribution in [2.75, 3.05) is 5.32 Å². The predicted octanol–water partition coefficient (Wildman–Crippen LogP) is 4.03. The molecule has 2 heterocycles. The monoisotopic (exact) mass is 397 g/mol. The summed E-state index contributed by atoms with van der Waals surface area (Å²) < 4.78 is 19.8. The second-order valence-corrected chi connectivity index (χ2v) is 6.35. The highest BCUT2D eigenvalue weighted by Gasteiger charge is 2.14. The maximum absolute atomic E-state index is 13.0. The van der Waals surface area contributed by atoms with Gasteiger partial charge in [-0.2, -0.15) is 4.98 Å². The first kappa shape index (κ1) is 17.9. The minimum atomic E-state index is -0.348. The van der Waals surface area contributed by atoms with Crippen molar-refractivity contribution in [2.45, 2.75) is 6.54 Å². The molecule has 0 bridgehead atoms. The van der Waals surface area contributed by atoms with E-state index in [1.54, 1.807) is 47.2 Å². The largest absolute Gasteiger partial charge is 0.334 e. The van der Waals surface area contributed by atoms with E-state index in [9.17, 15) is 9.18 Å². The Labute approximate surface area is 163 Å². The third-order valence-corrected chi connectivity index (χ3v) is 4.09. The molecule has 0 aliphatic rings. The number of amides is 1. The van der Waals surface area contributed by atoms with Gasteiger partial charge in [0.05, 0.1) is 6.33 Å². The molecule has 1 N–H and O–H groups in total. The summed E-state index contributed by atoms with van der Waals surface area (Å²) in [7, 11) is 0. The number of nitrogens with zero attached hydrogens (tertiary/aromatic N) is 4. The van der Waals surface area contributed by atoms with E-state index in [2.05, 4.69) is 20.4 Å². The normalized spacial score (nSPS) is 10.8. The summed E-state index contributed by atoms with van der Waals surface area (Å²) in [6.07, 6.45) is 3.14. The number of carbonyl (C=O) groups excluding carboxylic acids is 1. The summed E-state index contributed by atoms with van der Waals surface area (Å²) in [5.41, 5.74) is 1.70. The summed E-state index contributed by atoms with van der Waals surface area (Å²) in [5, 5.41) is 7.25. The Morgan fingerprint density at radius 3 is 2.64 bits per heavy atom. The first-order chi connectivity index (χ1) is 13.6. The molecule has 28 heavy (non-hydrogen) atoms. The molecule has 0 unspecified atom stereocenters. The van der Waals surface area contributed by atoms with E-state index in [4.69, 9.17) is 16.1 Å². The molecule has 0 saturated carbocycles. The maximum atomic E-state index is 13.0. The van der Waals surface area contributed by atoms with Crippen LogP contribution >= 0.6 is 11.6 Å². The van der Waals surface area contributed by atoms with Crippen LogP contribution in [0.25, 0.3) is 23.0 Å². The number of benzene rings is 2. The molecule has 0 saturated heterocycles. The molecule has 0 radical (unpaired) electrons. The van der Waals surface area contributed by atoms with E-state index in [0.717, 1.165) is 0 Å². The Hall–Kier alpha value is -3.52. The molecule has 4 rings (SSSR count). The second-order valence-electron chi connectivity index (χ2n) is 5.92. The quantitative estimate of drug-likeness (QED) is 0.549. The first-order valence-electron chi connectivity index (χ1n) is 8.24. The van der Waals surface area contributed by atoms with Crippen molar-refractivity contribution in [2.24, 2.45) is 0 Å². The average molecular weight is 398 g/mol. The van der Waals surface area contributed by atoms with Gasteiger partial charge in [0.25, 0.3) is 5.89 Å². The van der Waals surface area contributed by atoms with Gasteiger partial charge in [0.2, 0.25) is 11.7 Å². The van der Waals surface area contributed by atoms with Crippen molar-refractivity contribution in [3.8, 4) is 23.0 Å². The van der Waals surface area contributed by atoms with Crippen LogP contribution in [0.4, 0.5) is 10.1 Å². The van der Waals surface area contributed by atoms with Gasteiger partial charge in [-0.1, -0.05) is 16.8 Å². The topological polar surface area (TPSA) is 85.8 Å². The number of anilines is 1. The molecule has 4 aromatic rings. The standard InChI is InChI=1S/C19H13ClFN5O2/c20-13-3-7-15(8-4-13)23-17(27)10-26-9-16(22-11-26)18-24-19(28-25-18)12-1-5-14(21)6-2-12/h1-9,11H,10H2,(H,23,27). The van der Waals surface area contributed by atoms with Gasteiger partial charge in [-0.25, -0.2) is 9.37 Å². The molecule has 7 nitrogen and oxygen atoms in total. The smallest absolute Gasteiger partial charge is 0.258 e. The zero-order chi connectivity index (χ0) is 19.5. The molecular weight excluding hydrogens is 385 g/mol. The molecule has 0 atom stereocenters. The zero-order valence-electron chi connectivity index (χ0n) is 14.3. The zero-order valence-corrected chi connectivity index (χ0v) is 15.1. The lowest BCUT2D eigenvalue weighted by Crippen LogP contribution is -2.17. The number of nitrogens with one attached hydrogen (secondary N) is 1. The van der Waals surface area contributed by atoms with Crippen LogP contribution in [-0.2, 0) is 11.3 Å². The summed E-state index contributed by atoms with van der Waals surface area (Å²) >= 11 is 5.83. The van der Waals surface area contributed by atoms with Crippen molar-refractivity contribution >= 4 is 23.2 Å². The fraction of sp³-hybridized carbons (Fsp3) is 0.0526. The molecule has 2 aromatic carbocycles. The van der Waals surface area contributed by atoms with Crippen molar-refractivity contribution in [3.05, 3.63) is 71.9 Å². The molecule has 0 aliphatic carbocycles. The first-order valence-corrected chi connectivity index (χ1v) is 8.62. The summed E-state index contributed by atoms with van der Waals surface area (Å²) in [6, 6.07) is 12.5. The third-order valence-electron chi connectivity index (χ3n) is 3.83. The summed E-state index contributed by atoms with van der Waals surface area (Å²) in [6.45, 7) is 0.0678. The van der Waals surface area contributed by atoms with Crippen LogP contribution in [0.15, 0.2) is 65.6 Å². The Kier molecular flexibility index (Phi) is 4.86. The van der Waals surface area contributed by atoms with Gasteiger partial charge < -0.3 is 14.4 Å². The van der Waals surface area contributed by atoms with Gasteiger partial charge in [0.1, 0.15) is 18.1 Å². The number of halogens is 2. The molecule has 0 aliphatic heterocycles. The van der Waals surface area contributed by atoms with Crippen molar-refractivity contribution in [1.82, 2.24) is 19.7 Å². The Morgan fingerprint density at radius 1 is 1.14 bits per heavy atom. The molecule has 1 amide bonds. The van der Waals surface area contributed by atoms with Crippen LogP contribution in [0.1, 0.15) is 0 Å². The maximum Gasteiger partial charge on any atom is 0.258 e. The fourth-order valence-electron chi connectivity index (χ4n) is 2.50. The molecule has 140 valence electrons. The molecular formula is C19H13ClFN5O2. The molecule has 0 fully saturated rings. The lowest BCUT2D eigenvalue weighted by Gasteiger charge is -2.05. The van der Waals surface area contributed by atoms with E-state index in [0.29, 0.717) is 22.0 Å². The van der Waals surface area contributed by atoms with E-state index in [1.165, 1.54) is 18.5 Å². The highest BCUT2D eigenvalue weighted by Crippen LogP contribution is 2.21. The van der Waals surface area contributed by atoms with Gasteiger partial charge in [0, 0.05) is 22.5 Å². The van der Waals surface area contributed by atoms with Crippen LogP contribution in [0.2, 0.25) is 5.02 Å². The number of imidazole rings is 1. The highest BCUT2D eigenvalue weighted by molar-refractivity contribution is 6.30. The molecule has 9 heteroatoms. The lowest BCUT2D eigenvalue weighted by atomic mass is 10.2. The molecule has 0 spiro atoms. The number of aromatic nitrogens is 4. The van der Waals surface area contributed by atoms with Gasteiger partial charge in [-0.3, -0.25) is 4.79 Å². The minimum Gasteiger partial charge on any atom is -0.334 e. The van der Waals surface area contributed by atoms with Gasteiger partial charge in [-0.05, 0) is 48.5 Å². The Balaban J connectivity index is 1.43. The van der Waals surface area contributed by atoms with E-state index in [-0.39, 0.29) is 30.0 Å². The van der Waals surface area contributed by atoms with Gasteiger partial charge >= 0.3 is 0 Å². The number of rotatable bonds is 5. The summed E-state index contributed by atoms with van der Waals surface area (Å²) in [5.74, 6) is -0.0355. The number of carbonyl (C=O) groups is 1. The lowest BCUT2D eigenvalue weighted by molar-refractivity contribution is -0.116. The SMILES string of the molecule is O=C(Cn1cnc(-c2noc(-c3ccc(F)cc3)n2)c1)Nc1ccc(Cl)cc1. The van der Waals surface area contributed by atoms with Crippen molar-refractivity contribution in [1.29, 1.82) is 0 Å². The van der Waals surface area contributed by atoms with E-state index < -0.39 is 0 Å². The Bertz CT molecular complexity index is 1110. The fourth-order valence-corrected chi connectivity index (χ4v) is 2.62. The predicted molar refractivity (Wildman–Crippen MR) is 101 cm³/mol. The Morgan fingerprint density at radius 2 is 1.89 bits per heavy atom. The highest BCUT2D eigenvalue weighted by atomic mass is 35.5. The summed E-state index contributed by atoms with van der Waals surface area (Å²) in [4.78, 5) is 20.6. The second kappa shape index (κ2) is 7.61. The van der Waals surface area contributed by atoms with Crippen LogP contribution in [-0.4, -0.2) is 25.6 Å². The number of hydrogen-bond acceptors (Lipinski definition) is 5. The minimum absolute atomic E-state index is 0.0678. The third kappa shape index (κ3) is 4.07. The van der Waals surface area contributed by atoms with Crippen molar-refractivity contribution in [3.63, 3.8) is 0 Å². The van der Waals surface area contributed by atoms with Crippen LogP contribution in [0, 0.1) is 5.82 Å². The van der Waals surface area contributed by atoms with E-state index in [1.807, 2.05) is 0 Å². The van der Waals surface area contributed by atoms with Crippen LogP contribution < -0.4 is 5.32 Å². The van der Waals surface area contributed by atoms with Crippen molar-refractivity contribution < 1.29 is 13.7 Å². The van der Waals surface area contributed by atoms with Crippen LogP contribution in [0.3, 0.4) is 0 Å². The van der Waals surface area contributed by atoms with Gasteiger partial charge in [0.15, 0.2) is 0 Å². The van der Waals surface area contributed by atoms with Gasteiger partial charge in [-0.15, -0.1) is 0 Å². The number of hydrogen-bond donors (Lipinski definition) is 1. The van der Waals surface area contributed by atoms with Crippen LogP contribution in [0.5, 0.6) is 0 Å².